The normalized spacial score (nSPS) is 16.1. The molecule has 1 fully saturated rings. The second-order valence-corrected chi connectivity index (χ2v) is 17.1. The predicted molar refractivity (Wildman–Crippen MR) is 234 cm³/mol. The molecule has 1 aliphatic heterocycles. The Kier molecular flexibility index (Phi) is 16.8. The van der Waals surface area contributed by atoms with Crippen molar-refractivity contribution in [1.82, 2.24) is 25.3 Å². The average Bonchev–Trinajstić information content (AvgIpc) is 3.91. The van der Waals surface area contributed by atoms with Crippen molar-refractivity contribution in [2.24, 2.45) is 0 Å². The first kappa shape index (κ1) is 46.7. The maximum absolute atomic E-state index is 14.1. The minimum Gasteiger partial charge on any atom is -0.497 e. The summed E-state index contributed by atoms with van der Waals surface area (Å²) in [6.07, 6.45) is 1.85. The zero-order valence-corrected chi connectivity index (χ0v) is 36.5. The number of sulfonamides is 1. The van der Waals surface area contributed by atoms with E-state index in [1.54, 1.807) is 38.3 Å². The molecule has 0 aliphatic carbocycles. The number of anilines is 2. The Labute approximate surface area is 360 Å². The summed E-state index contributed by atoms with van der Waals surface area (Å²) in [5.41, 5.74) is 0.598. The van der Waals surface area contributed by atoms with E-state index in [0.29, 0.717) is 41.4 Å². The number of hydrogen-bond acceptors (Lipinski definition) is 15. The summed E-state index contributed by atoms with van der Waals surface area (Å²) < 4.78 is 52.5. The molecule has 6 N–H and O–H groups in total. The molecule has 17 nitrogen and oxygen atoms in total. The number of carbonyl (C=O) groups excluding carboxylic acids is 2. The van der Waals surface area contributed by atoms with Gasteiger partial charge in [-0.1, -0.05) is 25.1 Å². The lowest BCUT2D eigenvalue weighted by molar-refractivity contribution is -0.138. The van der Waals surface area contributed by atoms with E-state index in [2.05, 4.69) is 32.6 Å². The minimum atomic E-state index is -4.43. The largest absolute Gasteiger partial charge is 0.497 e. The van der Waals surface area contributed by atoms with Crippen LogP contribution < -0.4 is 35.5 Å². The predicted octanol–water partition coefficient (Wildman–Crippen LogP) is 4.95. The molecule has 1 aliphatic rings. The zero-order valence-electron chi connectivity index (χ0n) is 34.8. The van der Waals surface area contributed by atoms with Gasteiger partial charge < -0.3 is 45.3 Å². The molecule has 61 heavy (non-hydrogen) atoms. The number of pyridine rings is 1. The zero-order chi connectivity index (χ0) is 44.0. The van der Waals surface area contributed by atoms with Crippen LogP contribution in [0.25, 0.3) is 22.3 Å². The lowest BCUT2D eigenvalue weighted by Crippen LogP contribution is -2.61. The molecule has 1 saturated heterocycles. The Morgan fingerprint density at radius 3 is 2.56 bits per heavy atom. The van der Waals surface area contributed by atoms with Crippen LogP contribution in [0.4, 0.5) is 10.8 Å². The number of amides is 2. The number of carboxylic acids is 1. The van der Waals surface area contributed by atoms with Crippen molar-refractivity contribution >= 4 is 60.9 Å². The van der Waals surface area contributed by atoms with Crippen molar-refractivity contribution in [2.45, 2.75) is 81.5 Å². The Hall–Kier alpha value is -5.34. The number of allylic oxidation sites excluding steroid dienone is 1. The SMILES string of the molecule is C=CCC[C@](CC)(NC(=O)[C@@H]1C[C@@H](Oc2cc(-c3csc(NC(C)C)n3)nc3cc(OC)ccc23)CN1)C(=O)NS(=O)(=O)c1ccccc1NCCOCCOCCC(=O)O. The number of hydrogen-bond donors (Lipinski definition) is 6. The number of ether oxygens (including phenoxy) is 4. The highest BCUT2D eigenvalue weighted by molar-refractivity contribution is 7.90. The van der Waals surface area contributed by atoms with Crippen molar-refractivity contribution < 1.29 is 46.9 Å². The quantitative estimate of drug-likeness (QED) is 0.0382. The molecule has 330 valence electrons. The fraction of sp³-hybridized carbons (Fsp3) is 0.452. The number of nitrogens with zero attached hydrogens (tertiary/aromatic N) is 2. The van der Waals surface area contributed by atoms with Crippen LogP contribution in [-0.2, 0) is 33.9 Å². The van der Waals surface area contributed by atoms with Gasteiger partial charge in [-0.15, -0.1) is 17.9 Å². The fourth-order valence-corrected chi connectivity index (χ4v) is 8.69. The van der Waals surface area contributed by atoms with E-state index in [-0.39, 0.29) is 75.3 Å². The molecule has 5 rings (SSSR count). The van der Waals surface area contributed by atoms with E-state index < -0.39 is 45.5 Å². The molecule has 3 atom stereocenters. The van der Waals surface area contributed by atoms with Gasteiger partial charge >= 0.3 is 5.97 Å². The first-order chi connectivity index (χ1) is 29.3. The van der Waals surface area contributed by atoms with E-state index in [9.17, 15) is 22.8 Å². The Bertz CT molecular complexity index is 2250. The second kappa shape index (κ2) is 22.0. The standard InChI is InChI=1S/C42H55N7O10S2/c1-6-8-16-42(7-2,40(53)49-61(54,55)37-12-10-9-11-31(37)43-17-19-58-21-20-57-18-15-38(50)51)48-39(52)34-23-29(25-44-34)59-36-24-33(35-26-60-41(47-35)45-27(3)4)46-32-22-28(56-5)13-14-30(32)36/h6,9-14,22,24,26-27,29,34,43-44H,1,7-8,15-21,23,25H2,2-5H3,(H,45,47)(H,48,52)(H,49,53)(H,50,51)/t29-,34+,42+/m1/s1. The monoisotopic (exact) mass is 881 g/mol. The Morgan fingerprint density at radius 2 is 1.84 bits per heavy atom. The topological polar surface area (TPSA) is 228 Å². The molecule has 0 radical (unpaired) electrons. The molecule has 19 heteroatoms. The van der Waals surface area contributed by atoms with Gasteiger partial charge in [0, 0.05) is 48.5 Å². The van der Waals surface area contributed by atoms with Crippen LogP contribution in [0.1, 0.15) is 52.9 Å². The first-order valence-corrected chi connectivity index (χ1v) is 22.4. The summed E-state index contributed by atoms with van der Waals surface area (Å²) in [6, 6.07) is 13.0. The molecule has 2 aromatic heterocycles. The van der Waals surface area contributed by atoms with Gasteiger partial charge in [0.15, 0.2) is 5.13 Å². The summed E-state index contributed by atoms with van der Waals surface area (Å²) in [6.45, 7) is 10.8. The molecule has 0 unspecified atom stereocenters. The maximum Gasteiger partial charge on any atom is 0.305 e. The van der Waals surface area contributed by atoms with Crippen molar-refractivity contribution in [3.63, 3.8) is 0 Å². The lowest BCUT2D eigenvalue weighted by Gasteiger charge is -2.33. The molecular formula is C42H55N7O10S2. The third-order valence-electron chi connectivity index (χ3n) is 9.83. The van der Waals surface area contributed by atoms with Crippen LogP contribution in [-0.4, -0.2) is 112 Å². The Balaban J connectivity index is 1.25. The maximum atomic E-state index is 14.1. The molecule has 2 amide bonds. The molecule has 0 spiro atoms. The number of thiazole rings is 1. The van der Waals surface area contributed by atoms with Gasteiger partial charge in [0.2, 0.25) is 5.91 Å². The van der Waals surface area contributed by atoms with Crippen molar-refractivity contribution in [3.05, 3.63) is 66.6 Å². The van der Waals surface area contributed by atoms with E-state index in [1.807, 2.05) is 43.5 Å². The van der Waals surface area contributed by atoms with Crippen LogP contribution in [0, 0.1) is 0 Å². The number of nitrogens with one attached hydrogen (secondary N) is 5. The fourth-order valence-electron chi connectivity index (χ4n) is 6.60. The van der Waals surface area contributed by atoms with Crippen LogP contribution >= 0.6 is 11.3 Å². The van der Waals surface area contributed by atoms with Crippen LogP contribution in [0.3, 0.4) is 0 Å². The number of para-hydroxylation sites is 1. The molecule has 3 heterocycles. The third-order valence-corrected chi connectivity index (χ3v) is 12.0. The number of aliphatic carboxylic acids is 1. The number of benzene rings is 2. The van der Waals surface area contributed by atoms with Gasteiger partial charge in [0.1, 0.15) is 33.7 Å². The summed E-state index contributed by atoms with van der Waals surface area (Å²) >= 11 is 1.48. The molecule has 0 saturated carbocycles. The lowest BCUT2D eigenvalue weighted by atomic mass is 9.89. The molecular weight excluding hydrogens is 827 g/mol. The smallest absolute Gasteiger partial charge is 0.305 e. The van der Waals surface area contributed by atoms with Crippen LogP contribution in [0.5, 0.6) is 11.5 Å². The number of carbonyl (C=O) groups is 3. The van der Waals surface area contributed by atoms with Crippen molar-refractivity contribution in [1.29, 1.82) is 0 Å². The van der Waals surface area contributed by atoms with Gasteiger partial charge in [-0.3, -0.25) is 14.4 Å². The van der Waals surface area contributed by atoms with Crippen LogP contribution in [0.2, 0.25) is 0 Å². The Morgan fingerprint density at radius 1 is 1.07 bits per heavy atom. The van der Waals surface area contributed by atoms with Gasteiger partial charge in [0.25, 0.3) is 15.9 Å². The van der Waals surface area contributed by atoms with Gasteiger partial charge in [-0.05, 0) is 57.4 Å². The number of rotatable bonds is 25. The second-order valence-electron chi connectivity index (χ2n) is 14.6. The highest BCUT2D eigenvalue weighted by atomic mass is 32.2. The summed E-state index contributed by atoms with van der Waals surface area (Å²) in [7, 11) is -2.84. The highest BCUT2D eigenvalue weighted by Crippen LogP contribution is 2.35. The highest BCUT2D eigenvalue weighted by Gasteiger charge is 2.43. The number of methoxy groups -OCH3 is 1. The minimum absolute atomic E-state index is 0.0765. The van der Waals surface area contributed by atoms with E-state index in [1.165, 1.54) is 17.4 Å². The average molecular weight is 882 g/mol. The summed E-state index contributed by atoms with van der Waals surface area (Å²) in [5.74, 6) is -1.11. The van der Waals surface area contributed by atoms with Crippen LogP contribution in [0.15, 0.2) is 71.5 Å². The van der Waals surface area contributed by atoms with E-state index in [4.69, 9.17) is 34.0 Å². The van der Waals surface area contributed by atoms with E-state index in [0.717, 1.165) is 10.5 Å². The molecule has 0 bridgehead atoms. The van der Waals surface area contributed by atoms with Crippen molar-refractivity contribution in [3.8, 4) is 22.9 Å². The molecule has 4 aromatic rings. The third kappa shape index (κ3) is 12.8. The summed E-state index contributed by atoms with van der Waals surface area (Å²) in [5, 5.41) is 24.6. The van der Waals surface area contributed by atoms with Crippen molar-refractivity contribution in [2.75, 3.05) is 57.3 Å². The molecule has 2 aromatic carbocycles. The summed E-state index contributed by atoms with van der Waals surface area (Å²) in [4.78, 5) is 48.1. The van der Waals surface area contributed by atoms with Gasteiger partial charge in [-0.25, -0.2) is 23.1 Å². The van der Waals surface area contributed by atoms with Gasteiger partial charge in [-0.2, -0.15) is 0 Å². The van der Waals surface area contributed by atoms with E-state index >= 15 is 0 Å². The number of aromatic nitrogens is 2. The number of carboxylic acid groups (broad SMARTS) is 1. The van der Waals surface area contributed by atoms with Gasteiger partial charge in [0.05, 0.1) is 62.9 Å². The number of fused-ring (bicyclic) bond motifs is 1. The first-order valence-electron chi connectivity index (χ1n) is 20.1.